The third-order valence-corrected chi connectivity index (χ3v) is 7.25. The van der Waals surface area contributed by atoms with E-state index in [0.717, 1.165) is 37.5 Å². The molecule has 1 atom stereocenters. The highest BCUT2D eigenvalue weighted by Gasteiger charge is 2.49. The third kappa shape index (κ3) is 3.35. The number of aromatic nitrogens is 3. The molecule has 1 aromatic heterocycles. The quantitative estimate of drug-likeness (QED) is 0.728. The zero-order valence-electron chi connectivity index (χ0n) is 15.4. The summed E-state index contributed by atoms with van der Waals surface area (Å²) in [6.45, 7) is 3.11. The molecule has 2 amide bonds. The topological polar surface area (TPSA) is 71.3 Å². The van der Waals surface area contributed by atoms with Gasteiger partial charge in [-0.15, -0.1) is 10.2 Å². The van der Waals surface area contributed by atoms with Crippen molar-refractivity contribution in [3.05, 3.63) is 6.33 Å². The number of thioether (sulfide) groups is 1. The first-order valence-electron chi connectivity index (χ1n) is 9.61. The second-order valence-corrected chi connectivity index (χ2v) is 8.95. The van der Waals surface area contributed by atoms with Gasteiger partial charge in [0.25, 0.3) is 0 Å². The minimum Gasteiger partial charge on any atom is -0.342 e. The third-order valence-electron chi connectivity index (χ3n) is 6.23. The van der Waals surface area contributed by atoms with Crippen molar-refractivity contribution in [1.82, 2.24) is 24.6 Å². The standard InChI is InChI=1S/C18H27N5O2S/c1-21-13-19-20-17(21)26-11-15(24)23-9-7-18(12-23)6-3-8-22(16(18)25)10-14-4-2-5-14/h13-14H,2-12H2,1H3/t18-/m1/s1. The van der Waals surface area contributed by atoms with E-state index in [1.54, 1.807) is 6.33 Å². The highest BCUT2D eigenvalue weighted by Crippen LogP contribution is 2.41. The number of carbonyl (C=O) groups excluding carboxylic acids is 2. The van der Waals surface area contributed by atoms with Crippen LogP contribution in [0.15, 0.2) is 11.5 Å². The lowest BCUT2D eigenvalue weighted by atomic mass is 9.77. The maximum Gasteiger partial charge on any atom is 0.233 e. The zero-order valence-corrected chi connectivity index (χ0v) is 16.2. The maximum atomic E-state index is 13.1. The molecule has 4 rings (SSSR count). The van der Waals surface area contributed by atoms with Gasteiger partial charge in [-0.05, 0) is 38.0 Å². The molecule has 8 heteroatoms. The van der Waals surface area contributed by atoms with E-state index >= 15 is 0 Å². The van der Waals surface area contributed by atoms with Gasteiger partial charge < -0.3 is 14.4 Å². The predicted octanol–water partition coefficient (Wildman–Crippen LogP) is 1.55. The molecule has 0 unspecified atom stereocenters. The van der Waals surface area contributed by atoms with Crippen molar-refractivity contribution < 1.29 is 9.59 Å². The molecule has 0 N–H and O–H groups in total. The first-order chi connectivity index (χ1) is 12.6. The number of likely N-dealkylation sites (tertiary alicyclic amines) is 2. The van der Waals surface area contributed by atoms with Gasteiger partial charge in [-0.3, -0.25) is 9.59 Å². The fourth-order valence-electron chi connectivity index (χ4n) is 4.40. The lowest BCUT2D eigenvalue weighted by Crippen LogP contribution is -2.52. The highest BCUT2D eigenvalue weighted by atomic mass is 32.2. The Bertz CT molecular complexity index is 689. The number of nitrogens with zero attached hydrogens (tertiary/aromatic N) is 5. The van der Waals surface area contributed by atoms with E-state index < -0.39 is 0 Å². The van der Waals surface area contributed by atoms with Crippen LogP contribution in [0.1, 0.15) is 38.5 Å². The number of hydrogen-bond acceptors (Lipinski definition) is 5. The molecular formula is C18H27N5O2S. The molecule has 1 spiro atoms. The van der Waals surface area contributed by atoms with Gasteiger partial charge in [0.05, 0.1) is 11.2 Å². The van der Waals surface area contributed by atoms with Crippen molar-refractivity contribution in [3.8, 4) is 0 Å². The number of carbonyl (C=O) groups is 2. The largest absolute Gasteiger partial charge is 0.342 e. The molecule has 3 aliphatic rings. The Morgan fingerprint density at radius 2 is 2.15 bits per heavy atom. The fraction of sp³-hybridized carbons (Fsp3) is 0.778. The molecule has 0 bridgehead atoms. The second kappa shape index (κ2) is 7.21. The summed E-state index contributed by atoms with van der Waals surface area (Å²) >= 11 is 1.41. The summed E-state index contributed by atoms with van der Waals surface area (Å²) in [5, 5.41) is 8.58. The average molecular weight is 378 g/mol. The molecule has 2 saturated heterocycles. The fourth-order valence-corrected chi connectivity index (χ4v) is 5.19. The predicted molar refractivity (Wildman–Crippen MR) is 98.5 cm³/mol. The Balaban J connectivity index is 1.34. The average Bonchev–Trinajstić information content (AvgIpc) is 3.20. The van der Waals surface area contributed by atoms with E-state index in [1.165, 1.54) is 31.0 Å². The molecule has 3 fully saturated rings. The molecule has 1 aromatic rings. The Morgan fingerprint density at radius 1 is 1.31 bits per heavy atom. The van der Waals surface area contributed by atoms with Crippen LogP contribution in [0.3, 0.4) is 0 Å². The van der Waals surface area contributed by atoms with Crippen LogP contribution < -0.4 is 0 Å². The van der Waals surface area contributed by atoms with E-state index in [4.69, 9.17) is 0 Å². The maximum absolute atomic E-state index is 13.1. The summed E-state index contributed by atoms with van der Waals surface area (Å²) in [4.78, 5) is 29.7. The molecule has 2 aliphatic heterocycles. The van der Waals surface area contributed by atoms with Crippen molar-refractivity contribution in [1.29, 1.82) is 0 Å². The van der Waals surface area contributed by atoms with Crippen molar-refractivity contribution in [2.24, 2.45) is 18.4 Å². The van der Waals surface area contributed by atoms with Gasteiger partial charge in [0.2, 0.25) is 11.8 Å². The van der Waals surface area contributed by atoms with Crippen LogP contribution in [0.4, 0.5) is 0 Å². The molecule has 0 aromatic carbocycles. The van der Waals surface area contributed by atoms with Gasteiger partial charge in [0.1, 0.15) is 6.33 Å². The Morgan fingerprint density at radius 3 is 2.85 bits per heavy atom. The summed E-state index contributed by atoms with van der Waals surface area (Å²) in [5.74, 6) is 1.45. The molecule has 1 aliphatic carbocycles. The highest BCUT2D eigenvalue weighted by molar-refractivity contribution is 7.99. The SMILES string of the molecule is Cn1cnnc1SCC(=O)N1CC[C@]2(CCCN(CC3CCC3)C2=O)C1. The summed E-state index contributed by atoms with van der Waals surface area (Å²) < 4.78 is 1.81. The van der Waals surface area contributed by atoms with Gasteiger partial charge in [-0.2, -0.15) is 0 Å². The first kappa shape index (κ1) is 17.8. The molecule has 142 valence electrons. The normalized spacial score (nSPS) is 26.6. The Hall–Kier alpha value is -1.57. The van der Waals surface area contributed by atoms with Crippen LogP contribution in [-0.2, 0) is 16.6 Å². The number of hydrogen-bond donors (Lipinski definition) is 0. The lowest BCUT2D eigenvalue weighted by Gasteiger charge is -2.42. The Kier molecular flexibility index (Phi) is 4.94. The summed E-state index contributed by atoms with van der Waals surface area (Å²) in [7, 11) is 1.87. The van der Waals surface area contributed by atoms with Crippen LogP contribution in [0, 0.1) is 11.3 Å². The van der Waals surface area contributed by atoms with Crippen LogP contribution >= 0.6 is 11.8 Å². The minimum absolute atomic E-state index is 0.0961. The second-order valence-electron chi connectivity index (χ2n) is 8.01. The molecule has 26 heavy (non-hydrogen) atoms. The van der Waals surface area contributed by atoms with E-state index in [0.29, 0.717) is 30.7 Å². The molecule has 0 radical (unpaired) electrons. The zero-order chi connectivity index (χ0) is 18.1. The van der Waals surface area contributed by atoms with Gasteiger partial charge in [0.15, 0.2) is 5.16 Å². The van der Waals surface area contributed by atoms with Crippen molar-refractivity contribution >= 4 is 23.6 Å². The van der Waals surface area contributed by atoms with Crippen LogP contribution in [0.2, 0.25) is 0 Å². The van der Waals surface area contributed by atoms with Crippen LogP contribution in [0.5, 0.6) is 0 Å². The first-order valence-corrected chi connectivity index (χ1v) is 10.6. The van der Waals surface area contributed by atoms with Gasteiger partial charge in [-0.25, -0.2) is 0 Å². The lowest BCUT2D eigenvalue weighted by molar-refractivity contribution is -0.147. The van der Waals surface area contributed by atoms with E-state index in [9.17, 15) is 9.59 Å². The van der Waals surface area contributed by atoms with Crippen LogP contribution in [0.25, 0.3) is 0 Å². The van der Waals surface area contributed by atoms with Crippen LogP contribution in [-0.4, -0.2) is 68.3 Å². The molecule has 7 nitrogen and oxygen atoms in total. The van der Waals surface area contributed by atoms with E-state index in [1.807, 2.05) is 16.5 Å². The number of piperidine rings is 1. The molecule has 3 heterocycles. The minimum atomic E-state index is -0.326. The summed E-state index contributed by atoms with van der Waals surface area (Å²) in [6, 6.07) is 0. The van der Waals surface area contributed by atoms with Gasteiger partial charge in [0, 0.05) is 33.2 Å². The smallest absolute Gasteiger partial charge is 0.233 e. The van der Waals surface area contributed by atoms with Gasteiger partial charge >= 0.3 is 0 Å². The van der Waals surface area contributed by atoms with Crippen molar-refractivity contribution in [2.75, 3.05) is 31.9 Å². The Labute approximate surface area is 158 Å². The van der Waals surface area contributed by atoms with Crippen molar-refractivity contribution in [3.63, 3.8) is 0 Å². The molecular weight excluding hydrogens is 350 g/mol. The van der Waals surface area contributed by atoms with Gasteiger partial charge in [-0.1, -0.05) is 18.2 Å². The summed E-state index contributed by atoms with van der Waals surface area (Å²) in [5.41, 5.74) is -0.326. The van der Waals surface area contributed by atoms with Crippen molar-refractivity contribution in [2.45, 2.75) is 43.7 Å². The number of rotatable bonds is 5. The summed E-state index contributed by atoms with van der Waals surface area (Å²) in [6.07, 6.45) is 8.27. The van der Waals surface area contributed by atoms with E-state index in [2.05, 4.69) is 15.1 Å². The number of aryl methyl sites for hydroxylation is 1. The van der Waals surface area contributed by atoms with E-state index in [-0.39, 0.29) is 11.3 Å². The number of amides is 2. The monoisotopic (exact) mass is 377 g/mol. The molecule has 1 saturated carbocycles.